The maximum atomic E-state index is 12.2. The first kappa shape index (κ1) is 15.7. The van der Waals surface area contributed by atoms with Crippen LogP contribution in [0.15, 0.2) is 29.2 Å². The number of aryl methyl sites for hydroxylation is 1. The van der Waals surface area contributed by atoms with Gasteiger partial charge in [-0.15, -0.1) is 0 Å². The van der Waals surface area contributed by atoms with E-state index in [1.54, 1.807) is 25.1 Å². The van der Waals surface area contributed by atoms with Crippen molar-refractivity contribution < 1.29 is 17.9 Å². The smallest absolute Gasteiger partial charge is 0.307 e. The van der Waals surface area contributed by atoms with Crippen molar-refractivity contribution in [2.24, 2.45) is 0 Å². The number of rotatable bonds is 6. The Kier molecular flexibility index (Phi) is 5.50. The quantitative estimate of drug-likeness (QED) is 0.744. The van der Waals surface area contributed by atoms with E-state index < -0.39 is 16.0 Å². The van der Waals surface area contributed by atoms with Crippen LogP contribution in [0.3, 0.4) is 0 Å². The van der Waals surface area contributed by atoms with E-state index in [9.17, 15) is 13.2 Å². The number of carbonyl (C=O) groups is 1. The average Bonchev–Trinajstić information content (AvgIpc) is 2.36. The highest BCUT2D eigenvalue weighted by Crippen LogP contribution is 2.15. The Morgan fingerprint density at radius 1 is 1.37 bits per heavy atom. The van der Waals surface area contributed by atoms with Crippen molar-refractivity contribution in [3.8, 4) is 0 Å². The molecular formula is C13H19NO4S. The highest BCUT2D eigenvalue weighted by atomic mass is 32.2. The minimum absolute atomic E-state index is 0.0510. The minimum Gasteiger partial charge on any atom is -0.466 e. The summed E-state index contributed by atoms with van der Waals surface area (Å²) in [7, 11) is -2.09. The van der Waals surface area contributed by atoms with Crippen LogP contribution in [0.2, 0.25) is 0 Å². The van der Waals surface area contributed by atoms with Crippen molar-refractivity contribution in [2.45, 2.75) is 25.2 Å². The number of hydrogen-bond acceptors (Lipinski definition) is 4. The molecular weight excluding hydrogens is 266 g/mol. The van der Waals surface area contributed by atoms with Gasteiger partial charge in [0.1, 0.15) is 0 Å². The van der Waals surface area contributed by atoms with Gasteiger partial charge in [-0.25, -0.2) is 12.7 Å². The highest BCUT2D eigenvalue weighted by Gasteiger charge is 2.21. The van der Waals surface area contributed by atoms with E-state index in [0.717, 1.165) is 5.56 Å². The Hall–Kier alpha value is -1.40. The second-order valence-electron chi connectivity index (χ2n) is 4.20. The van der Waals surface area contributed by atoms with Gasteiger partial charge in [0.25, 0.3) is 0 Å². The van der Waals surface area contributed by atoms with Gasteiger partial charge in [0.15, 0.2) is 0 Å². The molecule has 0 saturated heterocycles. The fourth-order valence-corrected chi connectivity index (χ4v) is 2.83. The second-order valence-corrected chi connectivity index (χ2v) is 6.24. The summed E-state index contributed by atoms with van der Waals surface area (Å²) in [6.45, 7) is 3.95. The summed E-state index contributed by atoms with van der Waals surface area (Å²) in [5, 5.41) is 0. The lowest BCUT2D eigenvalue weighted by Gasteiger charge is -2.16. The standard InChI is InChI=1S/C13H19NO4S/c1-4-18-13(15)8-9-14(3)19(16,17)12-7-5-6-11(2)10-12/h5-7,10H,4,8-9H2,1-3H3. The zero-order chi connectivity index (χ0) is 14.5. The number of esters is 1. The second kappa shape index (κ2) is 6.68. The molecule has 19 heavy (non-hydrogen) atoms. The Morgan fingerprint density at radius 3 is 2.63 bits per heavy atom. The van der Waals surface area contributed by atoms with Crippen LogP contribution in [-0.2, 0) is 19.6 Å². The van der Waals surface area contributed by atoms with Crippen molar-refractivity contribution in [1.82, 2.24) is 4.31 Å². The molecule has 0 bridgehead atoms. The van der Waals surface area contributed by atoms with Gasteiger partial charge in [-0.3, -0.25) is 4.79 Å². The molecule has 6 heteroatoms. The molecule has 106 valence electrons. The molecule has 5 nitrogen and oxygen atoms in total. The summed E-state index contributed by atoms with van der Waals surface area (Å²) in [6, 6.07) is 6.68. The van der Waals surface area contributed by atoms with Crippen LogP contribution < -0.4 is 0 Å². The van der Waals surface area contributed by atoms with Gasteiger partial charge in [-0.2, -0.15) is 0 Å². The number of nitrogens with zero attached hydrogens (tertiary/aromatic N) is 1. The molecule has 0 radical (unpaired) electrons. The van der Waals surface area contributed by atoms with Crippen molar-refractivity contribution in [2.75, 3.05) is 20.2 Å². The van der Waals surface area contributed by atoms with E-state index in [1.165, 1.54) is 11.4 Å². The van der Waals surface area contributed by atoms with E-state index in [2.05, 4.69) is 0 Å². The average molecular weight is 285 g/mol. The zero-order valence-corrected chi connectivity index (χ0v) is 12.2. The maximum absolute atomic E-state index is 12.2. The third-order valence-electron chi connectivity index (χ3n) is 2.63. The Labute approximate surface area is 114 Å². The zero-order valence-electron chi connectivity index (χ0n) is 11.4. The summed E-state index contributed by atoms with van der Waals surface area (Å²) in [5.41, 5.74) is 0.875. The molecule has 0 N–H and O–H groups in total. The molecule has 0 atom stereocenters. The van der Waals surface area contributed by atoms with E-state index in [0.29, 0.717) is 6.61 Å². The van der Waals surface area contributed by atoms with Crippen LogP contribution in [-0.4, -0.2) is 38.9 Å². The first-order chi connectivity index (χ1) is 8.87. The summed E-state index contributed by atoms with van der Waals surface area (Å²) in [4.78, 5) is 11.5. The molecule has 0 aliphatic rings. The van der Waals surface area contributed by atoms with E-state index in [-0.39, 0.29) is 17.9 Å². The SMILES string of the molecule is CCOC(=O)CCN(C)S(=O)(=O)c1cccc(C)c1. The molecule has 0 aliphatic carbocycles. The number of carbonyl (C=O) groups excluding carboxylic acids is 1. The van der Waals surface area contributed by atoms with Crippen molar-refractivity contribution in [1.29, 1.82) is 0 Å². The Bertz CT molecular complexity index is 539. The third-order valence-corrected chi connectivity index (χ3v) is 4.49. The maximum Gasteiger partial charge on any atom is 0.307 e. The van der Waals surface area contributed by atoms with Gasteiger partial charge < -0.3 is 4.74 Å². The van der Waals surface area contributed by atoms with Crippen LogP contribution in [0.4, 0.5) is 0 Å². The molecule has 1 rings (SSSR count). The van der Waals surface area contributed by atoms with E-state index in [4.69, 9.17) is 4.74 Å². The summed E-state index contributed by atoms with van der Waals surface area (Å²) in [5.74, 6) is -0.395. The molecule has 0 fully saturated rings. The topological polar surface area (TPSA) is 63.7 Å². The van der Waals surface area contributed by atoms with Crippen molar-refractivity contribution >= 4 is 16.0 Å². The van der Waals surface area contributed by atoms with Gasteiger partial charge in [0.05, 0.1) is 17.9 Å². The Balaban J connectivity index is 2.75. The van der Waals surface area contributed by atoms with Crippen LogP contribution >= 0.6 is 0 Å². The lowest BCUT2D eigenvalue weighted by atomic mass is 10.2. The van der Waals surface area contributed by atoms with Crippen LogP contribution in [0, 0.1) is 6.92 Å². The fourth-order valence-electron chi connectivity index (χ4n) is 1.56. The highest BCUT2D eigenvalue weighted by molar-refractivity contribution is 7.89. The fraction of sp³-hybridized carbons (Fsp3) is 0.462. The normalized spacial score (nSPS) is 11.6. The van der Waals surface area contributed by atoms with E-state index >= 15 is 0 Å². The number of benzene rings is 1. The first-order valence-corrected chi connectivity index (χ1v) is 7.50. The van der Waals surface area contributed by atoms with Crippen LogP contribution in [0.1, 0.15) is 18.9 Å². The molecule has 1 aromatic carbocycles. The molecule has 0 aliphatic heterocycles. The monoisotopic (exact) mass is 285 g/mol. The van der Waals surface area contributed by atoms with Crippen LogP contribution in [0.25, 0.3) is 0 Å². The van der Waals surface area contributed by atoms with Gasteiger partial charge in [0.2, 0.25) is 10.0 Å². The molecule has 0 amide bonds. The van der Waals surface area contributed by atoms with Gasteiger partial charge in [0, 0.05) is 13.6 Å². The molecule has 0 heterocycles. The molecule has 1 aromatic rings. The first-order valence-electron chi connectivity index (χ1n) is 6.06. The summed E-state index contributed by atoms with van der Waals surface area (Å²) >= 11 is 0. The predicted octanol–water partition coefficient (Wildman–Crippen LogP) is 1.57. The lowest BCUT2D eigenvalue weighted by Crippen LogP contribution is -2.29. The van der Waals surface area contributed by atoms with Crippen LogP contribution in [0.5, 0.6) is 0 Å². The molecule has 0 spiro atoms. The van der Waals surface area contributed by atoms with E-state index in [1.807, 2.05) is 13.0 Å². The van der Waals surface area contributed by atoms with Gasteiger partial charge >= 0.3 is 5.97 Å². The lowest BCUT2D eigenvalue weighted by molar-refractivity contribution is -0.143. The number of sulfonamides is 1. The van der Waals surface area contributed by atoms with Gasteiger partial charge in [-0.05, 0) is 31.5 Å². The Morgan fingerprint density at radius 2 is 2.05 bits per heavy atom. The molecule has 0 unspecified atom stereocenters. The predicted molar refractivity (Wildman–Crippen MR) is 72.2 cm³/mol. The molecule has 0 saturated carbocycles. The molecule has 0 aromatic heterocycles. The van der Waals surface area contributed by atoms with Crippen molar-refractivity contribution in [3.05, 3.63) is 29.8 Å². The summed E-state index contributed by atoms with van der Waals surface area (Å²) in [6.07, 6.45) is 0.0510. The number of hydrogen-bond donors (Lipinski definition) is 0. The largest absolute Gasteiger partial charge is 0.466 e. The van der Waals surface area contributed by atoms with Gasteiger partial charge in [-0.1, -0.05) is 12.1 Å². The third kappa shape index (κ3) is 4.33. The van der Waals surface area contributed by atoms with Crippen molar-refractivity contribution in [3.63, 3.8) is 0 Å². The minimum atomic E-state index is -3.55. The number of ether oxygens (including phenoxy) is 1. The summed E-state index contributed by atoms with van der Waals surface area (Å²) < 4.78 is 30.4.